The first-order chi connectivity index (χ1) is 9.06. The standard InChI is InChI=1S/C11H12Cl2F3NO2S/c1-10(6-12,7-13)17-20(18,19)9-5-3-2-4-8(9)11(14,15)16/h2-5,17H,6-7H2,1H3. The van der Waals surface area contributed by atoms with Crippen molar-refractivity contribution in [2.45, 2.75) is 23.5 Å². The van der Waals surface area contributed by atoms with Crippen LogP contribution in [0.4, 0.5) is 13.2 Å². The van der Waals surface area contributed by atoms with E-state index in [1.807, 2.05) is 0 Å². The highest BCUT2D eigenvalue weighted by atomic mass is 35.5. The van der Waals surface area contributed by atoms with E-state index >= 15 is 0 Å². The third kappa shape index (κ3) is 4.00. The predicted octanol–water partition coefficient (Wildman–Crippen LogP) is 3.22. The molecule has 0 bridgehead atoms. The van der Waals surface area contributed by atoms with Crippen LogP contribution >= 0.6 is 23.2 Å². The van der Waals surface area contributed by atoms with Crippen molar-refractivity contribution in [3.05, 3.63) is 29.8 Å². The van der Waals surface area contributed by atoms with Crippen molar-refractivity contribution < 1.29 is 21.6 Å². The lowest BCUT2D eigenvalue weighted by atomic mass is 10.1. The lowest BCUT2D eigenvalue weighted by Crippen LogP contribution is -2.49. The van der Waals surface area contributed by atoms with Crippen molar-refractivity contribution in [2.75, 3.05) is 11.8 Å². The minimum atomic E-state index is -4.77. The van der Waals surface area contributed by atoms with Gasteiger partial charge in [0.25, 0.3) is 0 Å². The maximum absolute atomic E-state index is 12.8. The fraction of sp³-hybridized carbons (Fsp3) is 0.455. The number of halogens is 5. The number of hydrogen-bond acceptors (Lipinski definition) is 2. The van der Waals surface area contributed by atoms with E-state index in [0.29, 0.717) is 6.07 Å². The molecule has 9 heteroatoms. The molecule has 0 radical (unpaired) electrons. The van der Waals surface area contributed by atoms with Gasteiger partial charge in [0.1, 0.15) is 0 Å². The zero-order valence-corrected chi connectivity index (χ0v) is 12.7. The minimum absolute atomic E-state index is 0.177. The fourth-order valence-corrected chi connectivity index (χ4v) is 3.62. The molecule has 0 spiro atoms. The zero-order valence-electron chi connectivity index (χ0n) is 10.3. The lowest BCUT2D eigenvalue weighted by molar-refractivity contribution is -0.139. The summed E-state index contributed by atoms with van der Waals surface area (Å²) in [6, 6.07) is 3.91. The molecule has 1 rings (SSSR count). The van der Waals surface area contributed by atoms with Crippen molar-refractivity contribution in [2.24, 2.45) is 0 Å². The molecule has 0 unspecified atom stereocenters. The number of sulfonamides is 1. The summed E-state index contributed by atoms with van der Waals surface area (Å²) in [5.74, 6) is -0.353. The van der Waals surface area contributed by atoms with E-state index in [4.69, 9.17) is 23.2 Å². The first-order valence-electron chi connectivity index (χ1n) is 5.38. The predicted molar refractivity (Wildman–Crippen MR) is 71.6 cm³/mol. The van der Waals surface area contributed by atoms with Crippen molar-refractivity contribution in [3.63, 3.8) is 0 Å². The van der Waals surface area contributed by atoms with Gasteiger partial charge in [-0.2, -0.15) is 13.2 Å². The number of rotatable bonds is 5. The van der Waals surface area contributed by atoms with Crippen LogP contribution in [0.1, 0.15) is 12.5 Å². The molecular weight excluding hydrogens is 338 g/mol. The van der Waals surface area contributed by atoms with Gasteiger partial charge >= 0.3 is 6.18 Å². The summed E-state index contributed by atoms with van der Waals surface area (Å²) >= 11 is 11.2. The van der Waals surface area contributed by atoms with Gasteiger partial charge in [-0.15, -0.1) is 23.2 Å². The Balaban J connectivity index is 3.31. The van der Waals surface area contributed by atoms with Gasteiger partial charge in [-0.3, -0.25) is 0 Å². The molecular formula is C11H12Cl2F3NO2S. The van der Waals surface area contributed by atoms with E-state index in [0.717, 1.165) is 12.1 Å². The number of benzene rings is 1. The Hall–Kier alpha value is -0.500. The highest BCUT2D eigenvalue weighted by Gasteiger charge is 2.38. The fourth-order valence-electron chi connectivity index (χ4n) is 1.40. The molecule has 1 aromatic rings. The molecule has 0 saturated heterocycles. The first-order valence-corrected chi connectivity index (χ1v) is 7.93. The van der Waals surface area contributed by atoms with Gasteiger partial charge in [0.2, 0.25) is 10.0 Å². The van der Waals surface area contributed by atoms with E-state index in [9.17, 15) is 21.6 Å². The summed E-state index contributed by atoms with van der Waals surface area (Å²) in [6.45, 7) is 1.40. The van der Waals surface area contributed by atoms with Crippen LogP contribution in [0.3, 0.4) is 0 Å². The molecule has 1 aromatic carbocycles. The average Bonchev–Trinajstić information content (AvgIpc) is 2.37. The Labute approximate surface area is 125 Å². The molecule has 0 aliphatic heterocycles. The molecule has 3 nitrogen and oxygen atoms in total. The molecule has 1 N–H and O–H groups in total. The molecule has 0 fully saturated rings. The van der Waals surface area contributed by atoms with Crippen LogP contribution in [0.15, 0.2) is 29.2 Å². The first kappa shape index (κ1) is 17.6. The number of hydrogen-bond donors (Lipinski definition) is 1. The summed E-state index contributed by atoms with van der Waals surface area (Å²) in [5, 5.41) is 0. The van der Waals surface area contributed by atoms with Crippen molar-refractivity contribution in [3.8, 4) is 0 Å². The minimum Gasteiger partial charge on any atom is -0.207 e. The maximum Gasteiger partial charge on any atom is 0.417 e. The molecule has 0 aliphatic rings. The smallest absolute Gasteiger partial charge is 0.207 e. The van der Waals surface area contributed by atoms with Crippen molar-refractivity contribution in [1.29, 1.82) is 0 Å². The summed E-state index contributed by atoms with van der Waals surface area (Å²) in [7, 11) is -4.39. The van der Waals surface area contributed by atoms with Crippen LogP contribution in [0.2, 0.25) is 0 Å². The Morgan fingerprint density at radius 2 is 1.65 bits per heavy atom. The average molecular weight is 350 g/mol. The Bertz CT molecular complexity index is 571. The normalized spacial score (nSPS) is 13.5. The SMILES string of the molecule is CC(CCl)(CCl)NS(=O)(=O)c1ccccc1C(F)(F)F. The van der Waals surface area contributed by atoms with Crippen LogP contribution in [-0.4, -0.2) is 25.7 Å². The number of alkyl halides is 5. The quantitative estimate of drug-likeness (QED) is 0.829. The maximum atomic E-state index is 12.8. The zero-order chi connectivity index (χ0) is 15.6. The Kier molecular flexibility index (Phi) is 5.34. The third-order valence-corrected chi connectivity index (χ3v) is 5.33. The molecule has 0 amide bonds. The van der Waals surface area contributed by atoms with Crippen molar-refractivity contribution in [1.82, 2.24) is 4.72 Å². The monoisotopic (exact) mass is 349 g/mol. The molecule has 0 saturated carbocycles. The molecule has 0 aromatic heterocycles. The summed E-state index contributed by atoms with van der Waals surface area (Å²) in [5.41, 5.74) is -2.47. The van der Waals surface area contributed by atoms with E-state index in [1.165, 1.54) is 13.0 Å². The second-order valence-electron chi connectivity index (χ2n) is 4.43. The van der Waals surface area contributed by atoms with Crippen LogP contribution < -0.4 is 4.72 Å². The van der Waals surface area contributed by atoms with Crippen LogP contribution in [0, 0.1) is 0 Å². The van der Waals surface area contributed by atoms with Gasteiger partial charge in [0, 0.05) is 11.8 Å². The van der Waals surface area contributed by atoms with Gasteiger partial charge in [0.05, 0.1) is 16.0 Å². The van der Waals surface area contributed by atoms with Crippen LogP contribution in [0.25, 0.3) is 0 Å². The highest BCUT2D eigenvalue weighted by molar-refractivity contribution is 7.89. The second-order valence-corrected chi connectivity index (χ2v) is 6.61. The second kappa shape index (κ2) is 6.09. The number of nitrogens with one attached hydrogen (secondary N) is 1. The largest absolute Gasteiger partial charge is 0.417 e. The summed E-state index contributed by atoms with van der Waals surface area (Å²) < 4.78 is 64.8. The molecule has 114 valence electrons. The van der Waals surface area contributed by atoms with Gasteiger partial charge in [-0.05, 0) is 19.1 Å². The van der Waals surface area contributed by atoms with Gasteiger partial charge in [-0.1, -0.05) is 12.1 Å². The third-order valence-electron chi connectivity index (χ3n) is 2.45. The van der Waals surface area contributed by atoms with Crippen LogP contribution in [0.5, 0.6) is 0 Å². The molecule has 0 aliphatic carbocycles. The van der Waals surface area contributed by atoms with E-state index in [2.05, 4.69) is 4.72 Å². The van der Waals surface area contributed by atoms with Gasteiger partial charge in [0.15, 0.2) is 0 Å². The van der Waals surface area contributed by atoms with Crippen molar-refractivity contribution >= 4 is 33.2 Å². The van der Waals surface area contributed by atoms with Crippen LogP contribution in [-0.2, 0) is 16.2 Å². The Morgan fingerprint density at radius 1 is 1.15 bits per heavy atom. The summed E-state index contributed by atoms with van der Waals surface area (Å²) in [6.07, 6.45) is -4.77. The van der Waals surface area contributed by atoms with Gasteiger partial charge < -0.3 is 0 Å². The lowest BCUT2D eigenvalue weighted by Gasteiger charge is -2.26. The van der Waals surface area contributed by atoms with E-state index in [1.54, 1.807) is 0 Å². The Morgan fingerprint density at radius 3 is 2.10 bits per heavy atom. The van der Waals surface area contributed by atoms with Gasteiger partial charge in [-0.25, -0.2) is 13.1 Å². The topological polar surface area (TPSA) is 46.2 Å². The van der Waals surface area contributed by atoms with E-state index < -0.39 is 32.2 Å². The van der Waals surface area contributed by atoms with E-state index in [-0.39, 0.29) is 11.8 Å². The highest BCUT2D eigenvalue weighted by Crippen LogP contribution is 2.34. The molecule has 0 atom stereocenters. The molecule has 20 heavy (non-hydrogen) atoms. The molecule has 0 heterocycles. The summed E-state index contributed by atoms with van der Waals surface area (Å²) in [4.78, 5) is -0.853.